The second-order valence-electron chi connectivity index (χ2n) is 7.97. The summed E-state index contributed by atoms with van der Waals surface area (Å²) in [6, 6.07) is 5.62. The van der Waals surface area contributed by atoms with Gasteiger partial charge in [-0.15, -0.1) is 11.8 Å². The molecule has 178 valence electrons. The van der Waals surface area contributed by atoms with E-state index in [4.69, 9.17) is 16.7 Å². The molecular weight excluding hydrogens is 495 g/mol. The van der Waals surface area contributed by atoms with Gasteiger partial charge in [0.2, 0.25) is 5.91 Å². The second kappa shape index (κ2) is 10.3. The van der Waals surface area contributed by atoms with E-state index in [9.17, 15) is 18.0 Å². The molecule has 3 aliphatic heterocycles. The Kier molecular flexibility index (Phi) is 7.62. The zero-order valence-electron chi connectivity index (χ0n) is 17.6. The zero-order chi connectivity index (χ0) is 23.6. The number of carbonyl (C=O) groups excluding carboxylic acids is 1. The highest BCUT2D eigenvalue weighted by atomic mass is 35.5. The lowest BCUT2D eigenvalue weighted by Crippen LogP contribution is -2.52. The van der Waals surface area contributed by atoms with Crippen LogP contribution in [-0.4, -0.2) is 70.9 Å². The Morgan fingerprint density at radius 2 is 2.03 bits per heavy atom. The molecule has 6 nitrogen and oxygen atoms in total. The standard InChI is InChI=1S/C21H23ClF3N5OS2/c22-17-7-13(11-32-26)1-2-14(17)8-18(31)29-3-5-30(6-4-29)19-16-9-15(10-21(23,24)25)33-20(16)28-12-27-19/h1-2,7,9,12,15,20H,3-6,8,10-11,26H2. The summed E-state index contributed by atoms with van der Waals surface area (Å²) in [5.74, 6) is 1.30. The second-order valence-corrected chi connectivity index (χ2v) is 10.3. The predicted octanol–water partition coefficient (Wildman–Crippen LogP) is 3.89. The minimum atomic E-state index is -4.22. The maximum absolute atomic E-state index is 12.8. The fraction of sp³-hybridized carbons (Fsp3) is 0.476. The molecule has 1 saturated heterocycles. The van der Waals surface area contributed by atoms with Crippen LogP contribution in [0.4, 0.5) is 13.2 Å². The Balaban J connectivity index is 1.35. The molecule has 4 rings (SSSR count). The van der Waals surface area contributed by atoms with Crippen LogP contribution in [0.2, 0.25) is 5.02 Å². The van der Waals surface area contributed by atoms with Gasteiger partial charge in [0.05, 0.1) is 12.8 Å². The van der Waals surface area contributed by atoms with Crippen molar-refractivity contribution in [2.45, 2.75) is 35.4 Å². The summed E-state index contributed by atoms with van der Waals surface area (Å²) in [7, 11) is 0. The summed E-state index contributed by atoms with van der Waals surface area (Å²) in [5.41, 5.74) is 2.51. The smallest absolute Gasteiger partial charge is 0.353 e. The summed E-state index contributed by atoms with van der Waals surface area (Å²) < 4.78 is 38.5. The topological polar surface area (TPSA) is 74.3 Å². The molecule has 1 amide bonds. The van der Waals surface area contributed by atoms with Crippen LogP contribution in [0.5, 0.6) is 0 Å². The maximum Gasteiger partial charge on any atom is 0.390 e. The van der Waals surface area contributed by atoms with Crippen LogP contribution < -0.4 is 5.14 Å². The first kappa shape index (κ1) is 24.4. The van der Waals surface area contributed by atoms with Gasteiger partial charge >= 0.3 is 6.18 Å². The Labute approximate surface area is 203 Å². The van der Waals surface area contributed by atoms with Gasteiger partial charge in [0.15, 0.2) is 0 Å². The van der Waals surface area contributed by atoms with E-state index in [1.54, 1.807) is 11.0 Å². The first-order valence-corrected chi connectivity index (χ1v) is 12.8. The third kappa shape index (κ3) is 6.06. The van der Waals surface area contributed by atoms with Crippen molar-refractivity contribution in [1.29, 1.82) is 0 Å². The monoisotopic (exact) mass is 517 g/mol. The van der Waals surface area contributed by atoms with E-state index in [0.29, 0.717) is 42.8 Å². The van der Waals surface area contributed by atoms with E-state index in [1.807, 2.05) is 23.1 Å². The number of amides is 1. The number of carbonyl (C=O) groups is 1. The normalized spacial score (nSPS) is 22.8. The molecule has 0 aliphatic carbocycles. The minimum absolute atomic E-state index is 0.0107. The van der Waals surface area contributed by atoms with Crippen LogP contribution in [0.15, 0.2) is 39.8 Å². The molecule has 1 aromatic rings. The van der Waals surface area contributed by atoms with E-state index >= 15 is 0 Å². The van der Waals surface area contributed by atoms with Crippen LogP contribution in [0, 0.1) is 0 Å². The van der Waals surface area contributed by atoms with Crippen molar-refractivity contribution in [3.8, 4) is 0 Å². The number of fused-ring (bicyclic) bond motifs is 1. The number of hydrogen-bond donors (Lipinski definition) is 1. The Hall–Kier alpha value is -1.69. The number of alkyl halides is 3. The van der Waals surface area contributed by atoms with Crippen molar-refractivity contribution >= 4 is 53.4 Å². The number of piperazine rings is 1. The van der Waals surface area contributed by atoms with Gasteiger partial charge in [-0.1, -0.05) is 41.8 Å². The lowest BCUT2D eigenvalue weighted by Gasteiger charge is -2.37. The molecule has 3 heterocycles. The molecule has 33 heavy (non-hydrogen) atoms. The Bertz CT molecular complexity index is 993. The molecule has 0 spiro atoms. The zero-order valence-corrected chi connectivity index (χ0v) is 20.0. The van der Waals surface area contributed by atoms with Crippen LogP contribution in [0.3, 0.4) is 0 Å². The molecular formula is C21H23ClF3N5OS2. The van der Waals surface area contributed by atoms with Gasteiger partial charge in [0.1, 0.15) is 17.5 Å². The number of amidine groups is 1. The van der Waals surface area contributed by atoms with Gasteiger partial charge in [-0.25, -0.2) is 4.99 Å². The summed E-state index contributed by atoms with van der Waals surface area (Å²) in [4.78, 5) is 25.2. The van der Waals surface area contributed by atoms with Gasteiger partial charge in [-0.2, -0.15) is 13.2 Å². The van der Waals surface area contributed by atoms with Gasteiger partial charge in [-0.3, -0.25) is 14.9 Å². The minimum Gasteiger partial charge on any atom is -0.353 e. The maximum atomic E-state index is 12.8. The Morgan fingerprint density at radius 1 is 1.27 bits per heavy atom. The summed E-state index contributed by atoms with van der Waals surface area (Å²) >= 11 is 8.75. The van der Waals surface area contributed by atoms with Crippen molar-refractivity contribution < 1.29 is 18.0 Å². The van der Waals surface area contributed by atoms with E-state index in [0.717, 1.165) is 16.7 Å². The molecule has 2 N–H and O–H groups in total. The fourth-order valence-corrected chi connectivity index (χ4v) is 5.98. The quantitative estimate of drug-likeness (QED) is 0.600. The van der Waals surface area contributed by atoms with Gasteiger partial charge < -0.3 is 9.80 Å². The highest BCUT2D eigenvalue weighted by Gasteiger charge is 2.39. The molecule has 0 saturated carbocycles. The van der Waals surface area contributed by atoms with Crippen LogP contribution in [0.1, 0.15) is 17.5 Å². The number of rotatable bonds is 5. The number of benzene rings is 1. The largest absolute Gasteiger partial charge is 0.390 e. The molecule has 1 aromatic carbocycles. The average Bonchev–Trinajstić information content (AvgIpc) is 3.16. The van der Waals surface area contributed by atoms with Crippen molar-refractivity contribution in [2.75, 3.05) is 26.2 Å². The lowest BCUT2D eigenvalue weighted by atomic mass is 10.1. The third-order valence-corrected chi connectivity index (χ3v) is 7.79. The molecule has 3 aliphatic rings. The molecule has 0 aromatic heterocycles. The van der Waals surface area contributed by atoms with E-state index < -0.39 is 17.8 Å². The number of nitrogens with two attached hydrogens (primary N) is 1. The molecule has 2 atom stereocenters. The van der Waals surface area contributed by atoms with Crippen LogP contribution >= 0.6 is 35.3 Å². The first-order valence-electron chi connectivity index (χ1n) is 10.4. The van der Waals surface area contributed by atoms with Crippen LogP contribution in [-0.2, 0) is 17.0 Å². The molecule has 1 fully saturated rings. The summed E-state index contributed by atoms with van der Waals surface area (Å²) in [6.07, 6.45) is -1.82. The molecule has 0 radical (unpaired) electrons. The summed E-state index contributed by atoms with van der Waals surface area (Å²) in [6.45, 7) is 2.12. The Morgan fingerprint density at radius 3 is 2.70 bits per heavy atom. The molecule has 0 bridgehead atoms. The van der Waals surface area contributed by atoms with Crippen LogP contribution in [0.25, 0.3) is 0 Å². The fourth-order valence-electron chi connectivity index (χ4n) is 4.05. The number of nitrogens with zero attached hydrogens (tertiary/aromatic N) is 4. The van der Waals surface area contributed by atoms with Crippen molar-refractivity contribution in [3.63, 3.8) is 0 Å². The highest BCUT2D eigenvalue weighted by molar-refractivity contribution is 8.01. The first-order chi connectivity index (χ1) is 15.7. The predicted molar refractivity (Wildman–Crippen MR) is 129 cm³/mol. The van der Waals surface area contributed by atoms with E-state index in [2.05, 4.69) is 9.98 Å². The van der Waals surface area contributed by atoms with Gasteiger partial charge in [0, 0.05) is 47.8 Å². The van der Waals surface area contributed by atoms with E-state index in [-0.39, 0.29) is 17.7 Å². The number of thioether (sulfide) groups is 1. The number of halogens is 4. The van der Waals surface area contributed by atoms with Crippen molar-refractivity contribution in [3.05, 3.63) is 46.0 Å². The van der Waals surface area contributed by atoms with E-state index in [1.165, 1.54) is 30.0 Å². The number of aliphatic imine (C=N–C) groups is 2. The van der Waals surface area contributed by atoms with Gasteiger partial charge in [0.25, 0.3) is 0 Å². The van der Waals surface area contributed by atoms with Crippen molar-refractivity contribution in [1.82, 2.24) is 9.80 Å². The molecule has 12 heteroatoms. The SMILES string of the molecule is NSCc1ccc(CC(=O)N2CCN(C3=NC=NC4SC(CC(F)(F)F)C=C34)CC2)c(Cl)c1. The third-order valence-electron chi connectivity index (χ3n) is 5.65. The lowest BCUT2D eigenvalue weighted by molar-refractivity contribution is -0.132. The van der Waals surface area contributed by atoms with Gasteiger partial charge in [-0.05, 0) is 17.2 Å². The number of hydrogen-bond acceptors (Lipinski definition) is 7. The van der Waals surface area contributed by atoms with Crippen molar-refractivity contribution in [2.24, 2.45) is 15.1 Å². The summed E-state index contributed by atoms with van der Waals surface area (Å²) in [5, 5.41) is 5.03. The average molecular weight is 518 g/mol. The highest BCUT2D eigenvalue weighted by Crippen LogP contribution is 2.41. The molecule has 2 unspecified atom stereocenters.